The minimum atomic E-state index is 0.117. The molecule has 0 bridgehead atoms. The Morgan fingerprint density at radius 2 is 2.12 bits per heavy atom. The first-order valence-electron chi connectivity index (χ1n) is 5.71. The lowest BCUT2D eigenvalue weighted by Gasteiger charge is -2.03. The smallest absolute Gasteiger partial charge is 0.220 e. The molecule has 5 nitrogen and oxygen atoms in total. The van der Waals surface area contributed by atoms with Gasteiger partial charge in [0.15, 0.2) is 0 Å². The van der Waals surface area contributed by atoms with Gasteiger partial charge in [0.1, 0.15) is 0 Å². The van der Waals surface area contributed by atoms with Crippen LogP contribution in [0.4, 0.5) is 5.69 Å². The third kappa shape index (κ3) is 3.81. The van der Waals surface area contributed by atoms with Crippen LogP contribution >= 0.6 is 0 Å². The average molecular weight is 230 g/mol. The number of hydrogen-bond donors (Lipinski definition) is 1. The van der Waals surface area contributed by atoms with Crippen molar-refractivity contribution in [3.63, 3.8) is 0 Å². The van der Waals surface area contributed by atoms with Gasteiger partial charge in [0.05, 0.1) is 0 Å². The largest absolute Gasteiger partial charge is 0.353 e. The van der Waals surface area contributed by atoms with Gasteiger partial charge in [-0.1, -0.05) is 29.4 Å². The normalized spacial score (nSPS) is 13.9. The summed E-state index contributed by atoms with van der Waals surface area (Å²) in [4.78, 5) is 14.2. The predicted molar refractivity (Wildman–Crippen MR) is 64.7 cm³/mol. The molecule has 1 aromatic rings. The van der Waals surface area contributed by atoms with Gasteiger partial charge in [0.25, 0.3) is 0 Å². The highest BCUT2D eigenvalue weighted by Crippen LogP contribution is 2.19. The molecule has 1 amide bonds. The van der Waals surface area contributed by atoms with E-state index >= 15 is 0 Å². The van der Waals surface area contributed by atoms with Crippen molar-refractivity contribution in [1.29, 1.82) is 0 Å². The van der Waals surface area contributed by atoms with Crippen LogP contribution in [0.3, 0.4) is 0 Å². The molecule has 0 aliphatic heterocycles. The summed E-state index contributed by atoms with van der Waals surface area (Å²) in [7, 11) is 0. The van der Waals surface area contributed by atoms with Gasteiger partial charge in [-0.3, -0.25) is 4.79 Å². The molecule has 0 radical (unpaired) electrons. The van der Waals surface area contributed by atoms with Crippen molar-refractivity contribution in [2.75, 3.05) is 0 Å². The number of carbonyl (C=O) groups excluding carboxylic acids is 1. The standard InChI is InChI=1S/C12H14N4O/c13-16-15-11-4-1-9(2-5-11)3-8-12(17)14-10-6-7-10/h1-2,4-5,10H,3,6-8H2,(H,14,17). The number of amides is 1. The molecule has 0 unspecified atom stereocenters. The van der Waals surface area contributed by atoms with E-state index in [2.05, 4.69) is 15.3 Å². The van der Waals surface area contributed by atoms with Crippen molar-refractivity contribution in [1.82, 2.24) is 5.32 Å². The molecule has 1 fully saturated rings. The highest BCUT2D eigenvalue weighted by Gasteiger charge is 2.22. The fourth-order valence-corrected chi connectivity index (χ4v) is 1.57. The number of nitrogens with one attached hydrogen (secondary N) is 1. The highest BCUT2D eigenvalue weighted by molar-refractivity contribution is 5.76. The summed E-state index contributed by atoms with van der Waals surface area (Å²) in [5.74, 6) is 0.117. The molecule has 0 heterocycles. The molecule has 0 saturated heterocycles. The van der Waals surface area contributed by atoms with Crippen molar-refractivity contribution in [3.05, 3.63) is 40.3 Å². The fraction of sp³-hybridized carbons (Fsp3) is 0.417. The van der Waals surface area contributed by atoms with E-state index < -0.39 is 0 Å². The summed E-state index contributed by atoms with van der Waals surface area (Å²) in [5, 5.41) is 6.44. The number of benzene rings is 1. The molecule has 1 aliphatic rings. The lowest BCUT2D eigenvalue weighted by molar-refractivity contribution is -0.121. The molecule has 0 spiro atoms. The molecule has 1 saturated carbocycles. The van der Waals surface area contributed by atoms with Crippen molar-refractivity contribution in [2.45, 2.75) is 31.7 Å². The predicted octanol–water partition coefficient (Wildman–Crippen LogP) is 2.84. The Morgan fingerprint density at radius 1 is 1.41 bits per heavy atom. The van der Waals surface area contributed by atoms with E-state index in [1.807, 2.05) is 12.1 Å². The average Bonchev–Trinajstić information content (AvgIpc) is 3.12. The zero-order chi connectivity index (χ0) is 12.1. The molecule has 2 rings (SSSR count). The van der Waals surface area contributed by atoms with Crippen LogP contribution in [0.5, 0.6) is 0 Å². The van der Waals surface area contributed by atoms with E-state index in [0.717, 1.165) is 24.8 Å². The number of aryl methyl sites for hydroxylation is 1. The van der Waals surface area contributed by atoms with Gasteiger partial charge in [-0.15, -0.1) is 0 Å². The van der Waals surface area contributed by atoms with Crippen LogP contribution in [0.1, 0.15) is 24.8 Å². The monoisotopic (exact) mass is 230 g/mol. The molecule has 88 valence electrons. The van der Waals surface area contributed by atoms with Crippen LogP contribution in [0.2, 0.25) is 0 Å². The number of hydrogen-bond acceptors (Lipinski definition) is 2. The van der Waals surface area contributed by atoms with Gasteiger partial charge in [0.2, 0.25) is 5.91 Å². The Morgan fingerprint density at radius 3 is 2.71 bits per heavy atom. The Hall–Kier alpha value is -2.00. The third-order valence-corrected chi connectivity index (χ3v) is 2.68. The highest BCUT2D eigenvalue weighted by atomic mass is 16.1. The first-order valence-corrected chi connectivity index (χ1v) is 5.71. The lowest BCUT2D eigenvalue weighted by Crippen LogP contribution is -2.25. The van der Waals surface area contributed by atoms with E-state index in [9.17, 15) is 4.79 Å². The SMILES string of the molecule is [N-]=[N+]=Nc1ccc(CCC(=O)NC2CC2)cc1. The summed E-state index contributed by atoms with van der Waals surface area (Å²) in [6.45, 7) is 0. The Labute approximate surface area is 99.5 Å². The van der Waals surface area contributed by atoms with E-state index in [4.69, 9.17) is 5.53 Å². The van der Waals surface area contributed by atoms with Gasteiger partial charge in [-0.05, 0) is 30.4 Å². The zero-order valence-electron chi connectivity index (χ0n) is 9.47. The molecule has 0 atom stereocenters. The topological polar surface area (TPSA) is 77.9 Å². The first-order chi connectivity index (χ1) is 8.28. The number of nitrogens with zero attached hydrogens (tertiary/aromatic N) is 3. The van der Waals surface area contributed by atoms with Crippen LogP contribution in [-0.2, 0) is 11.2 Å². The van der Waals surface area contributed by atoms with Gasteiger partial charge in [-0.2, -0.15) is 0 Å². The second kappa shape index (κ2) is 5.37. The zero-order valence-corrected chi connectivity index (χ0v) is 9.47. The molecule has 5 heteroatoms. The minimum absolute atomic E-state index is 0.117. The molecule has 17 heavy (non-hydrogen) atoms. The van der Waals surface area contributed by atoms with Crippen LogP contribution in [0, 0.1) is 0 Å². The van der Waals surface area contributed by atoms with E-state index in [-0.39, 0.29) is 5.91 Å². The summed E-state index contributed by atoms with van der Waals surface area (Å²) in [6, 6.07) is 7.71. The van der Waals surface area contributed by atoms with Gasteiger partial charge >= 0.3 is 0 Å². The van der Waals surface area contributed by atoms with E-state index in [1.165, 1.54) is 0 Å². The molecule has 1 aromatic carbocycles. The number of carbonyl (C=O) groups is 1. The Kier molecular flexibility index (Phi) is 3.62. The second-order valence-electron chi connectivity index (χ2n) is 4.20. The van der Waals surface area contributed by atoms with Crippen LogP contribution < -0.4 is 5.32 Å². The van der Waals surface area contributed by atoms with Gasteiger partial charge in [0, 0.05) is 23.1 Å². The van der Waals surface area contributed by atoms with E-state index in [0.29, 0.717) is 18.2 Å². The fourth-order valence-electron chi connectivity index (χ4n) is 1.57. The maximum absolute atomic E-state index is 11.5. The molecular formula is C12H14N4O. The first kappa shape index (κ1) is 11.5. The summed E-state index contributed by atoms with van der Waals surface area (Å²) in [6.07, 6.45) is 3.46. The Balaban J connectivity index is 1.81. The molecule has 1 aliphatic carbocycles. The number of rotatable bonds is 5. The lowest BCUT2D eigenvalue weighted by atomic mass is 10.1. The molecule has 1 N–H and O–H groups in total. The van der Waals surface area contributed by atoms with Gasteiger partial charge in [-0.25, -0.2) is 0 Å². The summed E-state index contributed by atoms with van der Waals surface area (Å²) in [5.41, 5.74) is 9.93. The number of azide groups is 1. The maximum atomic E-state index is 11.5. The van der Waals surface area contributed by atoms with Crippen LogP contribution in [0.25, 0.3) is 10.4 Å². The van der Waals surface area contributed by atoms with Crippen molar-refractivity contribution < 1.29 is 4.79 Å². The third-order valence-electron chi connectivity index (χ3n) is 2.68. The maximum Gasteiger partial charge on any atom is 0.220 e. The minimum Gasteiger partial charge on any atom is -0.353 e. The van der Waals surface area contributed by atoms with Gasteiger partial charge < -0.3 is 5.32 Å². The van der Waals surface area contributed by atoms with Crippen LogP contribution in [0.15, 0.2) is 29.4 Å². The van der Waals surface area contributed by atoms with Crippen molar-refractivity contribution in [3.8, 4) is 0 Å². The summed E-state index contributed by atoms with van der Waals surface area (Å²) >= 11 is 0. The van der Waals surface area contributed by atoms with Crippen LogP contribution in [-0.4, -0.2) is 11.9 Å². The molecule has 0 aromatic heterocycles. The second-order valence-corrected chi connectivity index (χ2v) is 4.20. The van der Waals surface area contributed by atoms with Crippen molar-refractivity contribution >= 4 is 11.6 Å². The summed E-state index contributed by atoms with van der Waals surface area (Å²) < 4.78 is 0. The van der Waals surface area contributed by atoms with Crippen molar-refractivity contribution in [2.24, 2.45) is 5.11 Å². The van der Waals surface area contributed by atoms with E-state index in [1.54, 1.807) is 12.1 Å². The quantitative estimate of drug-likeness (QED) is 0.471. The molecular weight excluding hydrogens is 216 g/mol. The Bertz CT molecular complexity index is 444.